The molecule has 1 saturated carbocycles. The predicted octanol–water partition coefficient (Wildman–Crippen LogP) is 1.63. The van der Waals surface area contributed by atoms with Crippen LogP contribution in [0.15, 0.2) is 12.3 Å². The number of hydrogen-bond acceptors (Lipinski definition) is 4. The Morgan fingerprint density at radius 1 is 1.32 bits per heavy atom. The summed E-state index contributed by atoms with van der Waals surface area (Å²) in [7, 11) is 0. The summed E-state index contributed by atoms with van der Waals surface area (Å²) in [6.45, 7) is 6.70. The molecule has 6 heteroatoms. The van der Waals surface area contributed by atoms with Crippen LogP contribution in [0, 0.1) is 5.82 Å². The second kappa shape index (κ2) is 4.91. The van der Waals surface area contributed by atoms with Crippen molar-refractivity contribution in [2.24, 2.45) is 0 Å². The average molecular weight is 304 g/mol. The molecule has 0 bridgehead atoms. The number of anilines is 2. The average Bonchev–Trinajstić information content (AvgIpc) is 3.31. The van der Waals surface area contributed by atoms with Gasteiger partial charge in [0.25, 0.3) is 5.91 Å². The monoisotopic (exact) mass is 304 g/mol. The van der Waals surface area contributed by atoms with E-state index in [2.05, 4.69) is 28.6 Å². The van der Waals surface area contributed by atoms with E-state index in [1.165, 1.54) is 12.3 Å². The van der Waals surface area contributed by atoms with Gasteiger partial charge in [0.1, 0.15) is 11.9 Å². The summed E-state index contributed by atoms with van der Waals surface area (Å²) in [5, 5.41) is 0. The number of piperazine rings is 1. The van der Waals surface area contributed by atoms with Crippen LogP contribution >= 0.6 is 0 Å². The van der Waals surface area contributed by atoms with Gasteiger partial charge in [-0.15, -0.1) is 0 Å². The normalized spacial score (nSPS) is 25.5. The minimum atomic E-state index is -0.378. The number of pyridine rings is 1. The lowest BCUT2D eigenvalue weighted by molar-refractivity contribution is -0.121. The molecule has 1 aromatic rings. The SMILES string of the molecule is CC(C)N1CCN2c3ncc(F)cc3N(C3CC3)C(=O)C2C1. The van der Waals surface area contributed by atoms with E-state index in [0.717, 1.165) is 38.3 Å². The molecule has 3 aliphatic rings. The van der Waals surface area contributed by atoms with Gasteiger partial charge in [0.05, 0.1) is 11.9 Å². The summed E-state index contributed by atoms with van der Waals surface area (Å²) in [6.07, 6.45) is 3.26. The van der Waals surface area contributed by atoms with Gasteiger partial charge in [-0.25, -0.2) is 9.37 Å². The zero-order valence-electron chi connectivity index (χ0n) is 13.0. The molecule has 22 heavy (non-hydrogen) atoms. The molecule has 3 heterocycles. The Bertz CT molecular complexity index is 616. The number of carbonyl (C=O) groups excluding carboxylic acids is 1. The van der Waals surface area contributed by atoms with E-state index in [9.17, 15) is 9.18 Å². The second-order valence-electron chi connectivity index (χ2n) is 6.73. The molecular weight excluding hydrogens is 283 g/mol. The molecule has 1 aliphatic carbocycles. The van der Waals surface area contributed by atoms with Gasteiger partial charge in [-0.2, -0.15) is 0 Å². The number of carbonyl (C=O) groups is 1. The third-order valence-electron chi connectivity index (χ3n) is 4.92. The van der Waals surface area contributed by atoms with E-state index < -0.39 is 0 Å². The van der Waals surface area contributed by atoms with Gasteiger partial charge in [-0.1, -0.05) is 0 Å². The van der Waals surface area contributed by atoms with Crippen molar-refractivity contribution in [3.05, 3.63) is 18.1 Å². The minimum Gasteiger partial charge on any atom is -0.340 e. The van der Waals surface area contributed by atoms with E-state index in [1.54, 1.807) is 4.90 Å². The van der Waals surface area contributed by atoms with Gasteiger partial charge >= 0.3 is 0 Å². The van der Waals surface area contributed by atoms with Crippen molar-refractivity contribution in [1.29, 1.82) is 0 Å². The second-order valence-corrected chi connectivity index (χ2v) is 6.73. The highest BCUT2D eigenvalue weighted by Crippen LogP contribution is 2.42. The fourth-order valence-corrected chi connectivity index (χ4v) is 3.55. The van der Waals surface area contributed by atoms with Gasteiger partial charge in [-0.3, -0.25) is 9.69 Å². The first-order chi connectivity index (χ1) is 10.6. The molecule has 1 aromatic heterocycles. The number of amides is 1. The molecule has 1 amide bonds. The first-order valence-electron chi connectivity index (χ1n) is 8.05. The number of halogens is 1. The molecule has 0 N–H and O–H groups in total. The van der Waals surface area contributed by atoms with Crippen LogP contribution in [0.4, 0.5) is 15.9 Å². The summed E-state index contributed by atoms with van der Waals surface area (Å²) < 4.78 is 13.6. The van der Waals surface area contributed by atoms with Crippen molar-refractivity contribution in [3.63, 3.8) is 0 Å². The molecule has 1 atom stereocenters. The molecule has 1 unspecified atom stereocenters. The highest BCUT2D eigenvalue weighted by atomic mass is 19.1. The number of fused-ring (bicyclic) bond motifs is 3. The molecule has 1 saturated heterocycles. The maximum Gasteiger partial charge on any atom is 0.251 e. The van der Waals surface area contributed by atoms with Crippen molar-refractivity contribution < 1.29 is 9.18 Å². The van der Waals surface area contributed by atoms with Crippen molar-refractivity contribution in [2.45, 2.75) is 44.8 Å². The largest absolute Gasteiger partial charge is 0.340 e. The van der Waals surface area contributed by atoms with Crippen molar-refractivity contribution in [3.8, 4) is 0 Å². The van der Waals surface area contributed by atoms with E-state index in [1.807, 2.05) is 0 Å². The Morgan fingerprint density at radius 2 is 2.09 bits per heavy atom. The Morgan fingerprint density at radius 3 is 2.77 bits per heavy atom. The van der Waals surface area contributed by atoms with E-state index in [4.69, 9.17) is 0 Å². The van der Waals surface area contributed by atoms with Gasteiger partial charge in [-0.05, 0) is 26.7 Å². The van der Waals surface area contributed by atoms with Crippen LogP contribution in [0.25, 0.3) is 0 Å². The molecule has 118 valence electrons. The maximum absolute atomic E-state index is 13.6. The third-order valence-corrected chi connectivity index (χ3v) is 4.92. The Kier molecular flexibility index (Phi) is 3.11. The number of aromatic nitrogens is 1. The quantitative estimate of drug-likeness (QED) is 0.832. The Hall–Kier alpha value is -1.69. The van der Waals surface area contributed by atoms with E-state index in [0.29, 0.717) is 11.7 Å². The Labute approximate surface area is 129 Å². The Balaban J connectivity index is 1.75. The number of rotatable bonds is 2. The lowest BCUT2D eigenvalue weighted by Gasteiger charge is -2.48. The standard InChI is InChI=1S/C16H21FN4O/c1-10(2)19-5-6-20-14(9-19)16(22)21(12-3-4-12)13-7-11(17)8-18-15(13)20/h7-8,10,12,14H,3-6,9H2,1-2H3. The first kappa shape index (κ1) is 13.9. The van der Waals surface area contributed by atoms with E-state index in [-0.39, 0.29) is 23.8 Å². The summed E-state index contributed by atoms with van der Waals surface area (Å²) in [4.78, 5) is 23.5. The predicted molar refractivity (Wildman–Crippen MR) is 82.5 cm³/mol. The van der Waals surface area contributed by atoms with Crippen LogP contribution < -0.4 is 9.80 Å². The smallest absolute Gasteiger partial charge is 0.251 e. The molecule has 0 radical (unpaired) electrons. The fourth-order valence-electron chi connectivity index (χ4n) is 3.55. The van der Waals surface area contributed by atoms with Gasteiger partial charge in [0.15, 0.2) is 5.82 Å². The first-order valence-corrected chi connectivity index (χ1v) is 8.05. The molecular formula is C16H21FN4O. The number of nitrogens with zero attached hydrogens (tertiary/aromatic N) is 4. The highest BCUT2D eigenvalue weighted by molar-refractivity contribution is 6.05. The maximum atomic E-state index is 13.6. The summed E-state index contributed by atoms with van der Waals surface area (Å²) in [5.41, 5.74) is 0.654. The van der Waals surface area contributed by atoms with Crippen LogP contribution in [0.5, 0.6) is 0 Å². The summed E-state index contributed by atoms with van der Waals surface area (Å²) in [5.74, 6) is 0.491. The van der Waals surface area contributed by atoms with Gasteiger partial charge in [0, 0.05) is 37.8 Å². The minimum absolute atomic E-state index is 0.104. The third kappa shape index (κ3) is 2.08. The van der Waals surface area contributed by atoms with Crippen LogP contribution in [0.2, 0.25) is 0 Å². The van der Waals surface area contributed by atoms with Crippen LogP contribution in [-0.4, -0.2) is 53.6 Å². The molecule has 0 aromatic carbocycles. The molecule has 2 fully saturated rings. The molecule has 5 nitrogen and oxygen atoms in total. The van der Waals surface area contributed by atoms with E-state index >= 15 is 0 Å². The zero-order valence-corrected chi connectivity index (χ0v) is 13.0. The molecule has 0 spiro atoms. The fraction of sp³-hybridized carbons (Fsp3) is 0.625. The number of hydrogen-bond donors (Lipinski definition) is 0. The lowest BCUT2D eigenvalue weighted by atomic mass is 10.0. The summed E-state index contributed by atoms with van der Waals surface area (Å²) in [6, 6.07) is 1.92. The topological polar surface area (TPSA) is 39.7 Å². The van der Waals surface area contributed by atoms with Gasteiger partial charge in [0.2, 0.25) is 0 Å². The van der Waals surface area contributed by atoms with Crippen molar-refractivity contribution in [1.82, 2.24) is 9.88 Å². The van der Waals surface area contributed by atoms with Crippen LogP contribution in [0.3, 0.4) is 0 Å². The van der Waals surface area contributed by atoms with Crippen LogP contribution in [0.1, 0.15) is 26.7 Å². The highest BCUT2D eigenvalue weighted by Gasteiger charge is 2.47. The zero-order chi connectivity index (χ0) is 15.4. The summed E-state index contributed by atoms with van der Waals surface area (Å²) >= 11 is 0. The van der Waals surface area contributed by atoms with Crippen molar-refractivity contribution in [2.75, 3.05) is 29.4 Å². The lowest BCUT2D eigenvalue weighted by Crippen LogP contribution is -2.64. The van der Waals surface area contributed by atoms with Gasteiger partial charge < -0.3 is 9.80 Å². The van der Waals surface area contributed by atoms with Crippen molar-refractivity contribution >= 4 is 17.4 Å². The molecule has 4 rings (SSSR count). The molecule has 2 aliphatic heterocycles. The van der Waals surface area contributed by atoms with Crippen LogP contribution in [-0.2, 0) is 4.79 Å².